The molecule has 5 rings (SSSR count). The van der Waals surface area contributed by atoms with Gasteiger partial charge in [-0.25, -0.2) is 0 Å². The largest absolute Gasteiger partial charge is 0.497 e. The minimum atomic E-state index is -0.749. The fourth-order valence-corrected chi connectivity index (χ4v) is 5.55. The Morgan fingerprint density at radius 1 is 0.927 bits per heavy atom. The molecule has 2 aromatic carbocycles. The number of ether oxygens (including phenoxy) is 4. The van der Waals surface area contributed by atoms with Crippen LogP contribution >= 0.6 is 0 Å². The summed E-state index contributed by atoms with van der Waals surface area (Å²) in [4.78, 5) is 23.0. The number of methoxy groups -OCH3 is 4. The first kappa shape index (κ1) is 28.1. The predicted octanol–water partition coefficient (Wildman–Crippen LogP) is 5.82. The molecule has 10 heteroatoms. The van der Waals surface area contributed by atoms with Crippen LogP contribution in [0.25, 0.3) is 11.1 Å². The normalized spacial score (nSPS) is 16.8. The molecule has 10 nitrogen and oxygen atoms in total. The third kappa shape index (κ3) is 6.01. The van der Waals surface area contributed by atoms with Gasteiger partial charge in [-0.2, -0.15) is 4.98 Å². The molecule has 2 heterocycles. The van der Waals surface area contributed by atoms with Crippen LogP contribution in [0.5, 0.6) is 23.0 Å². The number of rotatable bonds is 11. The first-order valence-electron chi connectivity index (χ1n) is 13.6. The van der Waals surface area contributed by atoms with Crippen molar-refractivity contribution in [2.75, 3.05) is 33.3 Å². The van der Waals surface area contributed by atoms with Crippen molar-refractivity contribution in [2.24, 2.45) is 5.92 Å². The summed E-state index contributed by atoms with van der Waals surface area (Å²) >= 11 is 0. The lowest BCUT2D eigenvalue weighted by Crippen LogP contribution is -2.23. The van der Waals surface area contributed by atoms with Gasteiger partial charge in [0.2, 0.25) is 0 Å². The van der Waals surface area contributed by atoms with Crippen LogP contribution in [-0.2, 0) is 17.9 Å². The number of aromatic nitrogens is 2. The summed E-state index contributed by atoms with van der Waals surface area (Å²) in [5, 5.41) is 9.63. The van der Waals surface area contributed by atoms with Crippen LogP contribution in [0, 0.1) is 5.92 Å². The van der Waals surface area contributed by atoms with Gasteiger partial charge in [0.15, 0.2) is 5.58 Å². The molecule has 0 saturated heterocycles. The molecule has 0 bridgehead atoms. The number of carbonyl (C=O) groups is 1. The van der Waals surface area contributed by atoms with E-state index in [1.165, 1.54) is 0 Å². The highest BCUT2D eigenvalue weighted by molar-refractivity contribution is 5.78. The van der Waals surface area contributed by atoms with Crippen molar-refractivity contribution in [3.8, 4) is 23.0 Å². The smallest absolute Gasteiger partial charge is 0.306 e. The number of nitrogens with zero attached hydrogens (tertiary/aromatic N) is 3. The first-order chi connectivity index (χ1) is 19.9. The summed E-state index contributed by atoms with van der Waals surface area (Å²) < 4.78 is 28.6. The monoisotopic (exact) mass is 561 g/mol. The fraction of sp³-hybridized carbons (Fsp3) is 0.387. The topological polar surface area (TPSA) is 116 Å². The minimum Gasteiger partial charge on any atom is -0.497 e. The van der Waals surface area contributed by atoms with Gasteiger partial charge in [0.1, 0.15) is 28.5 Å². The van der Waals surface area contributed by atoms with Crippen LogP contribution in [-0.4, -0.2) is 49.5 Å². The Morgan fingerprint density at radius 2 is 1.56 bits per heavy atom. The van der Waals surface area contributed by atoms with Crippen molar-refractivity contribution in [2.45, 2.75) is 44.7 Å². The average Bonchev–Trinajstić information content (AvgIpc) is 3.45. The molecule has 2 atom stereocenters. The molecule has 2 aromatic heterocycles. The molecule has 1 fully saturated rings. The third-order valence-corrected chi connectivity index (χ3v) is 7.76. The zero-order valence-electron chi connectivity index (χ0n) is 23.8. The maximum absolute atomic E-state index is 11.7. The number of hydrogen-bond donors (Lipinski definition) is 1. The van der Waals surface area contributed by atoms with Crippen molar-refractivity contribution < 1.29 is 33.3 Å². The molecular weight excluding hydrogens is 526 g/mol. The Morgan fingerprint density at radius 3 is 2.12 bits per heavy atom. The van der Waals surface area contributed by atoms with Gasteiger partial charge < -0.3 is 33.4 Å². The summed E-state index contributed by atoms with van der Waals surface area (Å²) in [5.41, 5.74) is 4.00. The van der Waals surface area contributed by atoms with Gasteiger partial charge in [0.25, 0.3) is 6.01 Å². The molecule has 0 amide bonds. The molecule has 41 heavy (non-hydrogen) atoms. The van der Waals surface area contributed by atoms with Crippen LogP contribution in [0.2, 0.25) is 0 Å². The Balaban J connectivity index is 1.55. The molecule has 1 aliphatic carbocycles. The highest BCUT2D eigenvalue weighted by atomic mass is 16.5. The van der Waals surface area contributed by atoms with E-state index in [9.17, 15) is 9.90 Å². The molecule has 1 N–H and O–H groups in total. The molecule has 0 aliphatic heterocycles. The van der Waals surface area contributed by atoms with Crippen molar-refractivity contribution in [1.29, 1.82) is 0 Å². The van der Waals surface area contributed by atoms with Gasteiger partial charge in [0.05, 0.1) is 53.6 Å². The number of carboxylic acid groups (broad SMARTS) is 1. The minimum absolute atomic E-state index is 0.0404. The summed E-state index contributed by atoms with van der Waals surface area (Å²) in [7, 11) is 6.49. The van der Waals surface area contributed by atoms with E-state index < -0.39 is 5.97 Å². The van der Waals surface area contributed by atoms with Crippen LogP contribution in [0.4, 0.5) is 6.01 Å². The van der Waals surface area contributed by atoms with Gasteiger partial charge >= 0.3 is 5.97 Å². The number of aliphatic carboxylic acids is 1. The van der Waals surface area contributed by atoms with Crippen molar-refractivity contribution in [3.63, 3.8) is 0 Å². The van der Waals surface area contributed by atoms with E-state index in [2.05, 4.69) is 4.98 Å². The highest BCUT2D eigenvalue weighted by Crippen LogP contribution is 2.40. The lowest BCUT2D eigenvalue weighted by atomic mass is 9.78. The van der Waals surface area contributed by atoms with Gasteiger partial charge in [-0.15, -0.1) is 0 Å². The van der Waals surface area contributed by atoms with E-state index >= 15 is 0 Å². The Hall–Kier alpha value is -4.47. The summed E-state index contributed by atoms with van der Waals surface area (Å²) in [6.07, 6.45) is 6.45. The molecule has 1 saturated carbocycles. The molecule has 1 aliphatic rings. The molecule has 2 unspecified atom stereocenters. The van der Waals surface area contributed by atoms with Crippen LogP contribution in [0.15, 0.2) is 53.2 Å². The van der Waals surface area contributed by atoms with Crippen molar-refractivity contribution in [3.05, 3.63) is 65.5 Å². The Labute approximate surface area is 238 Å². The molecule has 216 valence electrons. The second-order valence-corrected chi connectivity index (χ2v) is 10.2. The van der Waals surface area contributed by atoms with Gasteiger partial charge in [-0.3, -0.25) is 9.78 Å². The maximum atomic E-state index is 11.7. The van der Waals surface area contributed by atoms with Gasteiger partial charge in [0, 0.05) is 35.0 Å². The highest BCUT2D eigenvalue weighted by Gasteiger charge is 2.30. The number of carboxylic acids is 1. The number of anilines is 1. The predicted molar refractivity (Wildman–Crippen MR) is 153 cm³/mol. The van der Waals surface area contributed by atoms with Gasteiger partial charge in [-0.05, 0) is 49.4 Å². The van der Waals surface area contributed by atoms with E-state index in [0.717, 1.165) is 29.5 Å². The second kappa shape index (κ2) is 12.4. The van der Waals surface area contributed by atoms with Crippen molar-refractivity contribution >= 4 is 23.1 Å². The quantitative estimate of drug-likeness (QED) is 0.240. The van der Waals surface area contributed by atoms with E-state index in [4.69, 9.17) is 28.3 Å². The summed E-state index contributed by atoms with van der Waals surface area (Å²) in [5.74, 6) is 1.66. The molecule has 0 radical (unpaired) electrons. The van der Waals surface area contributed by atoms with E-state index in [1.54, 1.807) is 40.8 Å². The third-order valence-electron chi connectivity index (χ3n) is 7.76. The van der Waals surface area contributed by atoms with E-state index in [-0.39, 0.29) is 11.8 Å². The second-order valence-electron chi connectivity index (χ2n) is 10.2. The Kier molecular flexibility index (Phi) is 8.47. The summed E-state index contributed by atoms with van der Waals surface area (Å²) in [6, 6.07) is 11.8. The van der Waals surface area contributed by atoms with E-state index in [1.807, 2.05) is 41.3 Å². The Bertz CT molecular complexity index is 1460. The molecular formula is C31H35N3O7. The zero-order chi connectivity index (χ0) is 28.9. The lowest BCUT2D eigenvalue weighted by molar-refractivity contribution is -0.143. The number of benzene rings is 2. The van der Waals surface area contributed by atoms with Crippen molar-refractivity contribution in [1.82, 2.24) is 9.97 Å². The standard InChI is InChI=1S/C31H35N3O7/c1-37-23-10-8-21(27(13-23)39-3)17-34(18-22-9-11-24(38-2)14-28(22)40-4)31-33-26-16-32-15-25(29(26)41-31)19-6-5-7-20(12-19)30(35)36/h8-11,13-16,19-20H,5-7,12,17-18H2,1-4H3,(H,35,36). The van der Waals surface area contributed by atoms with Crippen LogP contribution < -0.4 is 23.8 Å². The SMILES string of the molecule is COc1ccc(CN(Cc2ccc(OC)cc2OC)c2nc3cncc(C4CCCC(C(=O)O)C4)c3o2)c(OC)c1. The number of oxazole rings is 1. The van der Waals surface area contributed by atoms with Crippen LogP contribution in [0.1, 0.15) is 48.3 Å². The van der Waals surface area contributed by atoms with E-state index in [0.29, 0.717) is 66.0 Å². The zero-order valence-corrected chi connectivity index (χ0v) is 23.8. The lowest BCUT2D eigenvalue weighted by Gasteiger charge is -2.26. The summed E-state index contributed by atoms with van der Waals surface area (Å²) in [6.45, 7) is 0.838. The first-order valence-corrected chi connectivity index (χ1v) is 13.6. The number of hydrogen-bond acceptors (Lipinski definition) is 9. The molecule has 0 spiro atoms. The van der Waals surface area contributed by atoms with Crippen LogP contribution in [0.3, 0.4) is 0 Å². The molecule has 4 aromatic rings. The average molecular weight is 562 g/mol. The fourth-order valence-electron chi connectivity index (χ4n) is 5.55. The number of pyridine rings is 1. The number of fused-ring (bicyclic) bond motifs is 1. The maximum Gasteiger partial charge on any atom is 0.306 e. The van der Waals surface area contributed by atoms with Gasteiger partial charge in [-0.1, -0.05) is 6.42 Å².